The predicted octanol–water partition coefficient (Wildman–Crippen LogP) is 2.07. The zero-order chi connectivity index (χ0) is 17.6. The van der Waals surface area contributed by atoms with Gasteiger partial charge < -0.3 is 24.4 Å². The van der Waals surface area contributed by atoms with Crippen LogP contribution in [-0.2, 0) is 14.3 Å². The maximum atomic E-state index is 12.7. The second kappa shape index (κ2) is 8.46. The van der Waals surface area contributed by atoms with Gasteiger partial charge in [-0.05, 0) is 44.8 Å². The third kappa shape index (κ3) is 4.69. The van der Waals surface area contributed by atoms with Crippen LogP contribution in [0, 0.1) is 6.92 Å². The van der Waals surface area contributed by atoms with Crippen molar-refractivity contribution in [3.63, 3.8) is 0 Å². The maximum absolute atomic E-state index is 12.7. The Morgan fingerprint density at radius 3 is 2.62 bits per heavy atom. The van der Waals surface area contributed by atoms with Gasteiger partial charge in [0.1, 0.15) is 12.4 Å². The molecule has 1 fully saturated rings. The van der Waals surface area contributed by atoms with Gasteiger partial charge in [-0.2, -0.15) is 0 Å². The molecule has 0 aromatic heterocycles. The fourth-order valence-electron chi connectivity index (χ4n) is 2.67. The highest BCUT2D eigenvalue weighted by atomic mass is 16.5. The number of nitrogens with one attached hydrogen (secondary N) is 1. The smallest absolute Gasteiger partial charge is 0.256 e. The number of carbonyl (C=O) groups is 1. The average molecular weight is 336 g/mol. The zero-order valence-corrected chi connectivity index (χ0v) is 15.1. The number of carbonyl (C=O) groups excluding carboxylic acids is 1. The lowest BCUT2D eigenvalue weighted by Crippen LogP contribution is -2.48. The molecular formula is C18H28N2O4. The first-order valence-electron chi connectivity index (χ1n) is 8.29. The fourth-order valence-corrected chi connectivity index (χ4v) is 2.67. The number of hydrogen-bond donors (Lipinski definition) is 1. The lowest BCUT2D eigenvalue weighted by Gasteiger charge is -2.34. The third-order valence-corrected chi connectivity index (χ3v) is 4.36. The Morgan fingerprint density at radius 1 is 1.33 bits per heavy atom. The van der Waals surface area contributed by atoms with Crippen LogP contribution in [0.5, 0.6) is 5.75 Å². The molecular weight excluding hydrogens is 308 g/mol. The van der Waals surface area contributed by atoms with Gasteiger partial charge in [0.2, 0.25) is 0 Å². The Bertz CT molecular complexity index is 554. The second-order valence-corrected chi connectivity index (χ2v) is 6.39. The molecule has 0 spiro atoms. The minimum absolute atomic E-state index is 0.113. The lowest BCUT2D eigenvalue weighted by atomic mass is 9.92. The Labute approximate surface area is 144 Å². The number of likely N-dealkylation sites (N-methyl/N-ethyl adjacent to an activating group) is 1. The lowest BCUT2D eigenvalue weighted by molar-refractivity contribution is -0.149. The molecule has 134 valence electrons. The van der Waals surface area contributed by atoms with Gasteiger partial charge in [-0.1, -0.05) is 0 Å². The number of ether oxygens (including phenoxy) is 3. The molecule has 0 aliphatic carbocycles. The van der Waals surface area contributed by atoms with Crippen LogP contribution < -0.4 is 10.1 Å². The molecule has 1 aliphatic heterocycles. The van der Waals surface area contributed by atoms with E-state index in [9.17, 15) is 4.79 Å². The van der Waals surface area contributed by atoms with E-state index in [2.05, 4.69) is 10.2 Å². The molecule has 1 saturated heterocycles. The zero-order valence-electron chi connectivity index (χ0n) is 15.1. The number of hydrogen-bond acceptors (Lipinski definition) is 5. The first-order valence-corrected chi connectivity index (χ1v) is 8.29. The van der Waals surface area contributed by atoms with Crippen LogP contribution in [-0.4, -0.2) is 64.0 Å². The molecule has 24 heavy (non-hydrogen) atoms. The fraction of sp³-hybridized carbons (Fsp3) is 0.611. The Balaban J connectivity index is 2.00. The number of aryl methyl sites for hydroxylation is 1. The molecule has 1 heterocycles. The van der Waals surface area contributed by atoms with Crippen LogP contribution in [0.2, 0.25) is 0 Å². The molecule has 1 aromatic rings. The van der Waals surface area contributed by atoms with E-state index >= 15 is 0 Å². The van der Waals surface area contributed by atoms with Crippen molar-refractivity contribution in [1.29, 1.82) is 0 Å². The summed E-state index contributed by atoms with van der Waals surface area (Å²) < 4.78 is 16.6. The van der Waals surface area contributed by atoms with Gasteiger partial charge in [0.05, 0.1) is 0 Å². The molecule has 1 aliphatic rings. The van der Waals surface area contributed by atoms with Crippen LogP contribution in [0.4, 0.5) is 5.69 Å². The van der Waals surface area contributed by atoms with Crippen molar-refractivity contribution in [2.45, 2.75) is 25.4 Å². The van der Waals surface area contributed by atoms with E-state index in [0.717, 1.165) is 23.5 Å². The largest absolute Gasteiger partial charge is 0.492 e. The van der Waals surface area contributed by atoms with Gasteiger partial charge in [-0.3, -0.25) is 4.79 Å². The van der Waals surface area contributed by atoms with E-state index in [4.69, 9.17) is 14.2 Å². The quantitative estimate of drug-likeness (QED) is 0.826. The molecule has 6 heteroatoms. The van der Waals surface area contributed by atoms with Crippen molar-refractivity contribution in [3.05, 3.63) is 23.8 Å². The summed E-state index contributed by atoms with van der Waals surface area (Å²) in [5, 5.41) is 2.99. The molecule has 1 amide bonds. The first-order chi connectivity index (χ1) is 11.5. The van der Waals surface area contributed by atoms with Crippen molar-refractivity contribution < 1.29 is 19.0 Å². The van der Waals surface area contributed by atoms with E-state index in [1.54, 1.807) is 7.11 Å². The first kappa shape index (κ1) is 18.7. The van der Waals surface area contributed by atoms with Crippen LogP contribution in [0.25, 0.3) is 0 Å². The summed E-state index contributed by atoms with van der Waals surface area (Å²) in [5.41, 5.74) is 0.942. The molecule has 0 atom stereocenters. The summed E-state index contributed by atoms with van der Waals surface area (Å²) in [6, 6.07) is 5.69. The van der Waals surface area contributed by atoms with Gasteiger partial charge in [-0.25, -0.2) is 0 Å². The average Bonchev–Trinajstić information content (AvgIpc) is 2.57. The number of anilines is 1. The maximum Gasteiger partial charge on any atom is 0.256 e. The SMILES string of the molecule is COC1(C(=O)Nc2ccc(OCCN(C)C)cc2C)CCOCC1. The molecule has 0 saturated carbocycles. The van der Waals surface area contributed by atoms with Crippen molar-refractivity contribution in [2.24, 2.45) is 0 Å². The van der Waals surface area contributed by atoms with Gasteiger partial charge in [0, 0.05) is 45.4 Å². The molecule has 0 bridgehead atoms. The van der Waals surface area contributed by atoms with Gasteiger partial charge in [0.25, 0.3) is 5.91 Å². The summed E-state index contributed by atoms with van der Waals surface area (Å²) in [4.78, 5) is 14.7. The topological polar surface area (TPSA) is 60.0 Å². The van der Waals surface area contributed by atoms with E-state index in [1.807, 2.05) is 39.2 Å². The Hall–Kier alpha value is -1.63. The summed E-state index contributed by atoms with van der Waals surface area (Å²) in [6.07, 6.45) is 1.14. The van der Waals surface area contributed by atoms with Crippen LogP contribution in [0.3, 0.4) is 0 Å². The molecule has 2 rings (SSSR count). The Kier molecular flexibility index (Phi) is 6.60. The number of methoxy groups -OCH3 is 1. The van der Waals surface area contributed by atoms with Crippen LogP contribution in [0.15, 0.2) is 18.2 Å². The summed E-state index contributed by atoms with van der Waals surface area (Å²) in [6.45, 7) is 4.52. The second-order valence-electron chi connectivity index (χ2n) is 6.39. The molecule has 1 N–H and O–H groups in total. The minimum atomic E-state index is -0.800. The molecule has 1 aromatic carbocycles. The highest BCUT2D eigenvalue weighted by molar-refractivity contribution is 5.98. The summed E-state index contributed by atoms with van der Waals surface area (Å²) in [7, 11) is 5.60. The van der Waals surface area contributed by atoms with Gasteiger partial charge >= 0.3 is 0 Å². The van der Waals surface area contributed by atoms with Crippen molar-refractivity contribution in [3.8, 4) is 5.75 Å². The van der Waals surface area contributed by atoms with E-state index in [-0.39, 0.29) is 5.91 Å². The number of benzene rings is 1. The van der Waals surface area contributed by atoms with E-state index < -0.39 is 5.60 Å². The highest BCUT2D eigenvalue weighted by Crippen LogP contribution is 2.28. The molecule has 6 nitrogen and oxygen atoms in total. The van der Waals surface area contributed by atoms with Gasteiger partial charge in [-0.15, -0.1) is 0 Å². The Morgan fingerprint density at radius 2 is 2.04 bits per heavy atom. The number of rotatable bonds is 7. The predicted molar refractivity (Wildman–Crippen MR) is 93.7 cm³/mol. The summed E-state index contributed by atoms with van der Waals surface area (Å²) >= 11 is 0. The summed E-state index contributed by atoms with van der Waals surface area (Å²) in [5.74, 6) is 0.692. The van der Waals surface area contributed by atoms with E-state index in [1.165, 1.54) is 0 Å². The standard InChI is InChI=1S/C18H28N2O4/c1-14-13-15(24-12-9-20(2)3)5-6-16(14)19-17(21)18(22-4)7-10-23-11-8-18/h5-6,13H,7-12H2,1-4H3,(H,19,21). The molecule has 0 unspecified atom stereocenters. The minimum Gasteiger partial charge on any atom is -0.492 e. The monoisotopic (exact) mass is 336 g/mol. The van der Waals surface area contributed by atoms with Crippen LogP contribution in [0.1, 0.15) is 18.4 Å². The van der Waals surface area contributed by atoms with Gasteiger partial charge in [0.15, 0.2) is 5.60 Å². The van der Waals surface area contributed by atoms with Crippen molar-refractivity contribution >= 4 is 11.6 Å². The number of nitrogens with zero attached hydrogens (tertiary/aromatic N) is 1. The van der Waals surface area contributed by atoms with Crippen molar-refractivity contribution in [1.82, 2.24) is 4.90 Å². The number of amides is 1. The van der Waals surface area contributed by atoms with Crippen molar-refractivity contribution in [2.75, 3.05) is 52.9 Å². The van der Waals surface area contributed by atoms with Crippen LogP contribution >= 0.6 is 0 Å². The van der Waals surface area contributed by atoms with E-state index in [0.29, 0.717) is 32.7 Å². The normalized spacial score (nSPS) is 16.9. The molecule has 0 radical (unpaired) electrons. The highest BCUT2D eigenvalue weighted by Gasteiger charge is 2.40. The third-order valence-electron chi connectivity index (χ3n) is 4.36.